The van der Waals surface area contributed by atoms with E-state index in [4.69, 9.17) is 0 Å². The molecular formula is C45H66N6O6. The standard InChI is InChI=1S/C21H27N3O3.C15H21N3O3.C6H6.3CH4/c1-15(2)12-22-19(25)23(13-16(3)4)21(27)24(20(22)26)14-17(5)11-18-9-7-6-8-10-18;1-10(2)7-16-13(19)17(8-11(3)4)15(21)18(14(16)20)9-12(5)6;1-2-4-6-5-3-1;;;/h6-10,17H,1,3,11-14H2,2,4-5H3;1,3,5,7-9H2,2,4,6H3;1-6H;3*1H4. The number of aromatic nitrogens is 6. The minimum Gasteiger partial charge on any atom is -0.247 e. The molecule has 0 aliphatic rings. The van der Waals surface area contributed by atoms with Crippen molar-refractivity contribution in [1.29, 1.82) is 0 Å². The van der Waals surface area contributed by atoms with Gasteiger partial charge in [-0.25, -0.2) is 56.2 Å². The number of nitrogens with zero attached hydrogens (tertiary/aromatic N) is 6. The minimum absolute atomic E-state index is 0. The van der Waals surface area contributed by atoms with Crippen molar-refractivity contribution in [2.45, 2.75) is 110 Å². The Kier molecular flexibility index (Phi) is 23.4. The quantitative estimate of drug-likeness (QED) is 0.131. The van der Waals surface area contributed by atoms with Crippen LogP contribution in [0.4, 0.5) is 0 Å². The summed E-state index contributed by atoms with van der Waals surface area (Å²) < 4.78 is 6.32. The Morgan fingerprint density at radius 3 is 0.860 bits per heavy atom. The fourth-order valence-corrected chi connectivity index (χ4v) is 5.32. The van der Waals surface area contributed by atoms with Gasteiger partial charge in [0.05, 0.1) is 32.7 Å². The van der Waals surface area contributed by atoms with E-state index in [1.54, 1.807) is 34.6 Å². The van der Waals surface area contributed by atoms with Crippen molar-refractivity contribution in [2.24, 2.45) is 5.92 Å². The van der Waals surface area contributed by atoms with Crippen LogP contribution in [0.3, 0.4) is 0 Å². The molecule has 0 N–H and O–H groups in total. The first-order valence-electron chi connectivity index (χ1n) is 17.5. The van der Waals surface area contributed by atoms with Gasteiger partial charge >= 0.3 is 34.1 Å². The summed E-state index contributed by atoms with van der Waals surface area (Å²) in [6.45, 7) is 29.9. The molecular weight excluding hydrogens is 721 g/mol. The normalized spacial score (nSPS) is 10.4. The van der Waals surface area contributed by atoms with Crippen LogP contribution in [0.15, 0.2) is 156 Å². The monoisotopic (exact) mass is 787 g/mol. The number of benzene rings is 2. The molecule has 0 radical (unpaired) electrons. The fraction of sp³-hybridized carbons (Fsp3) is 0.378. The number of rotatable bonds is 14. The maximum atomic E-state index is 12.8. The van der Waals surface area contributed by atoms with E-state index in [2.05, 4.69) is 32.9 Å². The highest BCUT2D eigenvalue weighted by atomic mass is 16.2. The van der Waals surface area contributed by atoms with Crippen LogP contribution in [-0.2, 0) is 45.7 Å². The van der Waals surface area contributed by atoms with Crippen LogP contribution >= 0.6 is 0 Å². The van der Waals surface area contributed by atoms with Crippen molar-refractivity contribution in [3.05, 3.63) is 196 Å². The minimum atomic E-state index is -0.644. The third-order valence-electron chi connectivity index (χ3n) is 7.50. The molecule has 4 aromatic rings. The third-order valence-corrected chi connectivity index (χ3v) is 7.50. The van der Waals surface area contributed by atoms with E-state index < -0.39 is 34.1 Å². The van der Waals surface area contributed by atoms with Crippen LogP contribution in [0.1, 0.15) is 69.4 Å². The summed E-state index contributed by atoms with van der Waals surface area (Å²) >= 11 is 0. The smallest absolute Gasteiger partial charge is 0.247 e. The van der Waals surface area contributed by atoms with E-state index in [1.165, 1.54) is 0 Å². The van der Waals surface area contributed by atoms with Gasteiger partial charge in [-0.3, -0.25) is 0 Å². The molecule has 2 heterocycles. The highest BCUT2D eigenvalue weighted by Gasteiger charge is 2.18. The Morgan fingerprint density at radius 2 is 0.632 bits per heavy atom. The van der Waals surface area contributed by atoms with Crippen LogP contribution in [0.5, 0.6) is 0 Å². The van der Waals surface area contributed by atoms with Crippen molar-refractivity contribution < 1.29 is 0 Å². The van der Waals surface area contributed by atoms with Crippen LogP contribution in [0.25, 0.3) is 0 Å². The molecule has 57 heavy (non-hydrogen) atoms. The van der Waals surface area contributed by atoms with Gasteiger partial charge in [0, 0.05) is 6.54 Å². The molecule has 1 unspecified atom stereocenters. The second-order valence-corrected chi connectivity index (χ2v) is 14.0. The second-order valence-electron chi connectivity index (χ2n) is 14.0. The molecule has 4 rings (SSSR count). The van der Waals surface area contributed by atoms with E-state index in [0.29, 0.717) is 27.9 Å². The van der Waals surface area contributed by atoms with E-state index in [-0.39, 0.29) is 67.5 Å². The maximum absolute atomic E-state index is 12.8. The lowest BCUT2D eigenvalue weighted by Gasteiger charge is -2.17. The number of hydrogen-bond donors (Lipinski definition) is 0. The van der Waals surface area contributed by atoms with E-state index in [9.17, 15) is 28.8 Å². The van der Waals surface area contributed by atoms with Gasteiger partial charge in [-0.2, -0.15) is 0 Å². The van der Waals surface area contributed by atoms with Gasteiger partial charge in [-0.05, 0) is 52.5 Å². The Morgan fingerprint density at radius 1 is 0.421 bits per heavy atom. The van der Waals surface area contributed by atoms with Crippen LogP contribution < -0.4 is 34.1 Å². The average Bonchev–Trinajstić information content (AvgIpc) is 3.10. The van der Waals surface area contributed by atoms with E-state index in [1.807, 2.05) is 73.7 Å². The molecule has 1 atom stereocenters. The largest absolute Gasteiger partial charge is 0.336 e. The molecule has 0 amide bonds. The maximum Gasteiger partial charge on any atom is 0.336 e. The van der Waals surface area contributed by atoms with Gasteiger partial charge in [-0.15, -0.1) is 0 Å². The van der Waals surface area contributed by atoms with Crippen molar-refractivity contribution in [2.75, 3.05) is 0 Å². The number of allylic oxidation sites excluding steroid dienone is 5. The van der Waals surface area contributed by atoms with Gasteiger partial charge in [0.2, 0.25) is 0 Å². The van der Waals surface area contributed by atoms with Gasteiger partial charge in [0.15, 0.2) is 0 Å². The first kappa shape index (κ1) is 53.1. The average molecular weight is 787 g/mol. The highest BCUT2D eigenvalue weighted by Crippen LogP contribution is 2.09. The van der Waals surface area contributed by atoms with Crippen LogP contribution in [0.2, 0.25) is 0 Å². The highest BCUT2D eigenvalue weighted by molar-refractivity contribution is 5.15. The lowest BCUT2D eigenvalue weighted by molar-refractivity contribution is 0.404. The predicted octanol–water partition coefficient (Wildman–Crippen LogP) is 6.70. The zero-order valence-electron chi connectivity index (χ0n) is 32.5. The van der Waals surface area contributed by atoms with Crippen molar-refractivity contribution >= 4 is 0 Å². The van der Waals surface area contributed by atoms with Crippen LogP contribution in [-0.4, -0.2) is 27.4 Å². The molecule has 0 bridgehead atoms. The van der Waals surface area contributed by atoms with Gasteiger partial charge in [-0.1, -0.05) is 157 Å². The van der Waals surface area contributed by atoms with Crippen molar-refractivity contribution in [3.8, 4) is 0 Å². The van der Waals surface area contributed by atoms with Crippen molar-refractivity contribution in [1.82, 2.24) is 27.4 Å². The Labute approximate surface area is 338 Å². The molecule has 0 saturated heterocycles. The van der Waals surface area contributed by atoms with Gasteiger partial charge in [0.1, 0.15) is 0 Å². The summed E-state index contributed by atoms with van der Waals surface area (Å²) in [6.07, 6.45) is 0.729. The Balaban J connectivity index is 0. The molecule has 0 aliphatic carbocycles. The first-order chi connectivity index (χ1) is 25.3. The lowest BCUT2D eigenvalue weighted by Crippen LogP contribution is -2.55. The molecule has 2 aromatic heterocycles. The molecule has 0 aliphatic heterocycles. The Hall–Kier alpha value is -6.04. The summed E-state index contributed by atoms with van der Waals surface area (Å²) in [7, 11) is 0. The third kappa shape index (κ3) is 16.3. The van der Waals surface area contributed by atoms with Gasteiger partial charge in [0.25, 0.3) is 0 Å². The zero-order chi connectivity index (χ0) is 40.7. The molecule has 2 aromatic carbocycles. The second kappa shape index (κ2) is 25.2. The molecule has 12 heteroatoms. The van der Waals surface area contributed by atoms with Crippen molar-refractivity contribution in [3.63, 3.8) is 0 Å². The number of hydrogen-bond acceptors (Lipinski definition) is 6. The lowest BCUT2D eigenvalue weighted by atomic mass is 10.0. The first-order valence-corrected chi connectivity index (χ1v) is 17.5. The SMILES string of the molecule is C.C.C.C=C(C)Cn1c(=O)n(CC(=C)C)c(=O)n(CC(=C)C)c1=O.C=C(C)Cn1c(=O)n(CC(=C)C)c(=O)n(CC(C)Cc2ccccc2)c1=O.c1ccccc1. The summed E-state index contributed by atoms with van der Waals surface area (Å²) in [5.74, 6) is 0.0480. The molecule has 312 valence electrons. The molecule has 0 fully saturated rings. The topological polar surface area (TPSA) is 132 Å². The molecule has 0 saturated carbocycles. The zero-order valence-corrected chi connectivity index (χ0v) is 32.5. The molecule has 12 nitrogen and oxygen atoms in total. The summed E-state index contributed by atoms with van der Waals surface area (Å²) in [4.78, 5) is 75.3. The van der Waals surface area contributed by atoms with Crippen LogP contribution in [0, 0.1) is 5.92 Å². The van der Waals surface area contributed by atoms with E-state index >= 15 is 0 Å². The molecule has 0 spiro atoms. The Bertz CT molecular complexity index is 2120. The fourth-order valence-electron chi connectivity index (χ4n) is 5.32. The predicted molar refractivity (Wildman–Crippen MR) is 238 cm³/mol. The van der Waals surface area contributed by atoms with E-state index in [0.717, 1.165) is 39.4 Å². The summed E-state index contributed by atoms with van der Waals surface area (Å²) in [6, 6.07) is 21.9. The summed E-state index contributed by atoms with van der Waals surface area (Å²) in [5, 5.41) is 0. The van der Waals surface area contributed by atoms with Gasteiger partial charge < -0.3 is 0 Å². The summed E-state index contributed by atoms with van der Waals surface area (Å²) in [5.41, 5.74) is 0.675.